The predicted octanol–water partition coefficient (Wildman–Crippen LogP) is 2.36. The highest BCUT2D eigenvalue weighted by atomic mass is 16.5. The third kappa shape index (κ3) is 2.23. The second-order valence-corrected chi connectivity index (χ2v) is 4.77. The molecule has 1 amide bonds. The molecule has 3 heterocycles. The molecule has 0 bridgehead atoms. The molecule has 3 rings (SSSR count). The molecule has 0 aliphatic carbocycles. The maximum Gasteiger partial charge on any atom is 0.292 e. The Morgan fingerprint density at radius 3 is 2.89 bits per heavy atom. The van der Waals surface area contributed by atoms with E-state index in [2.05, 4.69) is 10.1 Å². The average molecular weight is 257 g/mol. The molecular formula is C14H15N3O2. The van der Waals surface area contributed by atoms with Gasteiger partial charge < -0.3 is 9.42 Å². The van der Waals surface area contributed by atoms with Crippen molar-refractivity contribution < 1.29 is 9.32 Å². The molecule has 5 nitrogen and oxygen atoms in total. The molecule has 0 unspecified atom stereocenters. The number of likely N-dealkylation sites (tertiary alicyclic amines) is 1. The zero-order valence-corrected chi connectivity index (χ0v) is 10.7. The molecule has 1 saturated heterocycles. The van der Waals surface area contributed by atoms with E-state index in [0.29, 0.717) is 5.76 Å². The zero-order chi connectivity index (χ0) is 13.2. The second kappa shape index (κ2) is 4.84. The topological polar surface area (TPSA) is 59.2 Å². The molecule has 2 aromatic heterocycles. The van der Waals surface area contributed by atoms with Gasteiger partial charge >= 0.3 is 0 Å². The van der Waals surface area contributed by atoms with Gasteiger partial charge in [0.1, 0.15) is 0 Å². The lowest BCUT2D eigenvalue weighted by Crippen LogP contribution is -2.30. The third-order valence-electron chi connectivity index (χ3n) is 3.44. The van der Waals surface area contributed by atoms with E-state index in [1.807, 2.05) is 24.0 Å². The van der Waals surface area contributed by atoms with Crippen LogP contribution in [0, 0.1) is 6.92 Å². The Kier molecular flexibility index (Phi) is 3.03. The van der Waals surface area contributed by atoms with Crippen LogP contribution < -0.4 is 0 Å². The first-order valence-corrected chi connectivity index (χ1v) is 6.40. The van der Waals surface area contributed by atoms with Crippen LogP contribution in [0.25, 0.3) is 0 Å². The molecular weight excluding hydrogens is 242 g/mol. The molecule has 19 heavy (non-hydrogen) atoms. The Morgan fingerprint density at radius 2 is 2.21 bits per heavy atom. The van der Waals surface area contributed by atoms with E-state index < -0.39 is 0 Å². The lowest BCUT2D eigenvalue weighted by atomic mass is 10.1. The third-order valence-corrected chi connectivity index (χ3v) is 3.44. The molecule has 1 aliphatic heterocycles. The zero-order valence-electron chi connectivity index (χ0n) is 10.7. The largest absolute Gasteiger partial charge is 0.351 e. The van der Waals surface area contributed by atoms with Crippen LogP contribution >= 0.6 is 0 Å². The summed E-state index contributed by atoms with van der Waals surface area (Å²) in [5, 5.41) is 3.77. The van der Waals surface area contributed by atoms with E-state index in [9.17, 15) is 4.79 Å². The number of pyridine rings is 1. The van der Waals surface area contributed by atoms with Gasteiger partial charge in [-0.25, -0.2) is 0 Å². The van der Waals surface area contributed by atoms with E-state index in [-0.39, 0.29) is 11.9 Å². The van der Waals surface area contributed by atoms with E-state index in [4.69, 9.17) is 4.52 Å². The molecule has 0 N–H and O–H groups in total. The molecule has 5 heteroatoms. The number of aryl methyl sites for hydroxylation is 1. The Labute approximate surface area is 111 Å². The van der Waals surface area contributed by atoms with Gasteiger partial charge in [-0.3, -0.25) is 9.78 Å². The molecule has 1 atom stereocenters. The van der Waals surface area contributed by atoms with Crippen molar-refractivity contribution in [3.63, 3.8) is 0 Å². The van der Waals surface area contributed by atoms with E-state index in [1.54, 1.807) is 18.5 Å². The number of rotatable bonds is 2. The van der Waals surface area contributed by atoms with Crippen molar-refractivity contribution in [3.8, 4) is 0 Å². The van der Waals surface area contributed by atoms with Crippen LogP contribution in [0.2, 0.25) is 0 Å². The summed E-state index contributed by atoms with van der Waals surface area (Å²) >= 11 is 0. The van der Waals surface area contributed by atoms with E-state index in [1.165, 1.54) is 0 Å². The van der Waals surface area contributed by atoms with Crippen LogP contribution in [0.5, 0.6) is 0 Å². The number of aromatic nitrogens is 2. The maximum absolute atomic E-state index is 12.4. The predicted molar refractivity (Wildman–Crippen MR) is 68.5 cm³/mol. The first kappa shape index (κ1) is 11.9. The van der Waals surface area contributed by atoms with E-state index in [0.717, 1.165) is 30.6 Å². The van der Waals surface area contributed by atoms with Gasteiger partial charge in [0.15, 0.2) is 0 Å². The second-order valence-electron chi connectivity index (χ2n) is 4.77. The Morgan fingerprint density at radius 1 is 1.42 bits per heavy atom. The molecule has 0 spiro atoms. The number of carbonyl (C=O) groups is 1. The van der Waals surface area contributed by atoms with Gasteiger partial charge in [0.05, 0.1) is 11.7 Å². The van der Waals surface area contributed by atoms with Crippen LogP contribution in [-0.2, 0) is 0 Å². The molecule has 1 aliphatic rings. The fourth-order valence-corrected chi connectivity index (χ4v) is 2.55. The number of amides is 1. The van der Waals surface area contributed by atoms with Gasteiger partial charge in [0, 0.05) is 25.0 Å². The molecule has 0 aromatic carbocycles. The quantitative estimate of drug-likeness (QED) is 0.828. The minimum absolute atomic E-state index is 0.0834. The Bertz CT molecular complexity index is 579. The first-order valence-electron chi connectivity index (χ1n) is 6.40. The normalized spacial score (nSPS) is 18.8. The molecule has 0 saturated carbocycles. The fraction of sp³-hybridized carbons (Fsp3) is 0.357. The van der Waals surface area contributed by atoms with Crippen LogP contribution in [0.15, 0.2) is 35.1 Å². The Balaban J connectivity index is 1.86. The van der Waals surface area contributed by atoms with Crippen LogP contribution in [0.1, 0.15) is 40.7 Å². The summed E-state index contributed by atoms with van der Waals surface area (Å²) in [5.74, 6) is 0.235. The number of hydrogen-bond donors (Lipinski definition) is 0. The van der Waals surface area contributed by atoms with Gasteiger partial charge in [-0.15, -0.1) is 0 Å². The Hall–Kier alpha value is -2.17. The minimum Gasteiger partial charge on any atom is -0.351 e. The fourth-order valence-electron chi connectivity index (χ4n) is 2.55. The summed E-state index contributed by atoms with van der Waals surface area (Å²) in [6.07, 6.45) is 5.50. The van der Waals surface area contributed by atoms with Crippen molar-refractivity contribution in [2.45, 2.75) is 25.8 Å². The minimum atomic E-state index is -0.0834. The van der Waals surface area contributed by atoms with Crippen molar-refractivity contribution >= 4 is 5.91 Å². The monoisotopic (exact) mass is 257 g/mol. The maximum atomic E-state index is 12.4. The number of carbonyl (C=O) groups excluding carboxylic acids is 1. The standard InChI is InChI=1S/C14H15N3O2/c1-10-9-13(19-16-10)14(18)17-8-2-3-12(17)11-4-6-15-7-5-11/h4-7,9,12H,2-3,8H2,1H3/t12-/m0/s1. The molecule has 2 aromatic rings. The SMILES string of the molecule is Cc1cc(C(=O)N2CCC[C@H]2c2ccncc2)on1. The summed E-state index contributed by atoms with van der Waals surface area (Å²) in [7, 11) is 0. The smallest absolute Gasteiger partial charge is 0.292 e. The summed E-state index contributed by atoms with van der Waals surface area (Å²) in [6.45, 7) is 2.57. The number of nitrogens with zero attached hydrogens (tertiary/aromatic N) is 3. The highest BCUT2D eigenvalue weighted by molar-refractivity contribution is 5.92. The van der Waals surface area contributed by atoms with Gasteiger partial charge in [-0.2, -0.15) is 0 Å². The highest BCUT2D eigenvalue weighted by Gasteiger charge is 2.32. The van der Waals surface area contributed by atoms with Crippen molar-refractivity contribution in [1.82, 2.24) is 15.0 Å². The highest BCUT2D eigenvalue weighted by Crippen LogP contribution is 2.32. The lowest BCUT2D eigenvalue weighted by Gasteiger charge is -2.23. The lowest BCUT2D eigenvalue weighted by molar-refractivity contribution is 0.0693. The van der Waals surface area contributed by atoms with Gasteiger partial charge in [0.25, 0.3) is 5.91 Å². The van der Waals surface area contributed by atoms with Crippen molar-refractivity contribution in [1.29, 1.82) is 0 Å². The van der Waals surface area contributed by atoms with Gasteiger partial charge in [-0.1, -0.05) is 5.16 Å². The van der Waals surface area contributed by atoms with Crippen LogP contribution in [0.4, 0.5) is 0 Å². The summed E-state index contributed by atoms with van der Waals surface area (Å²) in [4.78, 5) is 18.3. The van der Waals surface area contributed by atoms with Crippen molar-refractivity contribution in [3.05, 3.63) is 47.6 Å². The average Bonchev–Trinajstić information content (AvgIpc) is 3.07. The van der Waals surface area contributed by atoms with Crippen LogP contribution in [-0.4, -0.2) is 27.5 Å². The molecule has 1 fully saturated rings. The van der Waals surface area contributed by atoms with E-state index >= 15 is 0 Å². The van der Waals surface area contributed by atoms with Gasteiger partial charge in [-0.05, 0) is 37.5 Å². The first-order chi connectivity index (χ1) is 9.25. The van der Waals surface area contributed by atoms with Gasteiger partial charge in [0.2, 0.25) is 5.76 Å². The summed E-state index contributed by atoms with van der Waals surface area (Å²) in [6, 6.07) is 5.72. The summed E-state index contributed by atoms with van der Waals surface area (Å²) < 4.78 is 5.07. The molecule has 98 valence electrons. The van der Waals surface area contributed by atoms with Crippen molar-refractivity contribution in [2.24, 2.45) is 0 Å². The number of hydrogen-bond acceptors (Lipinski definition) is 4. The summed E-state index contributed by atoms with van der Waals surface area (Å²) in [5.41, 5.74) is 1.85. The van der Waals surface area contributed by atoms with Crippen molar-refractivity contribution in [2.75, 3.05) is 6.54 Å². The molecule has 0 radical (unpaired) electrons. The van der Waals surface area contributed by atoms with Crippen LogP contribution in [0.3, 0.4) is 0 Å².